The molecule has 0 radical (unpaired) electrons. The second kappa shape index (κ2) is 74.1. The zero-order chi connectivity index (χ0) is 77.5. The number of nitrogens with one attached hydrogen (secondary N) is 20. The van der Waals surface area contributed by atoms with E-state index in [4.69, 9.17) is 81.0 Å². The van der Waals surface area contributed by atoms with E-state index in [0.717, 1.165) is 137 Å². The van der Waals surface area contributed by atoms with E-state index in [9.17, 15) is 0 Å². The van der Waals surface area contributed by atoms with Gasteiger partial charge >= 0.3 is 117 Å². The molecule has 0 aromatic heterocycles. The summed E-state index contributed by atoms with van der Waals surface area (Å²) in [5, 5.41) is 88.1. The molecule has 10 aliphatic rings. The molecule has 4 aliphatic heterocycles. The van der Waals surface area contributed by atoms with Gasteiger partial charge in [0, 0.05) is 252 Å². The molecule has 0 aromatic carbocycles. The molecule has 107 heavy (non-hydrogen) atoms. The van der Waals surface area contributed by atoms with Crippen LogP contribution in [-0.2, 0) is 66.1 Å². The minimum Gasteiger partial charge on any atom is -0.724 e. The smallest absolute Gasteiger partial charge is 0.724 e. The molecular formula is C73H150Cl6Mn4N22O2+. The Labute approximate surface area is 704 Å². The fourth-order valence-electron chi connectivity index (χ4n) is 16.4. The van der Waals surface area contributed by atoms with Gasteiger partial charge in [0.25, 0.3) is 0 Å². The normalized spacial score (nSPS) is 34.6. The summed E-state index contributed by atoms with van der Waals surface area (Å²) in [5.74, 6) is 0. The van der Waals surface area contributed by atoms with E-state index in [1.54, 1.807) is 0 Å². The molecule has 4 saturated heterocycles. The fourth-order valence-corrected chi connectivity index (χ4v) is 16.4. The predicted molar refractivity (Wildman–Crippen MR) is 441 cm³/mol. The molecule has 6 saturated carbocycles. The SMILES string of the molecule is C1CCC2NCCNC3CCCCC3NCCNCCNC2C1.C[C@@H]1CNC2CCCCC2NCCNC2CCCCC2N[C@H](C)CN1.C[C@H]1CNC2CCCCC2NC[C@H](C)NC[C@H](C)NCCN1.C[C@H]1NCCNCCNC2CCCCC2NCCN[C@@H]1C.[Cl][Mn][Cl].[Cl][Mn][Cl].[Cl][Mn][Cl].[Mn+3].[N-]=C=O.[N-]=C=O. The second-order valence-corrected chi connectivity index (χ2v) is 36.4. The quantitative estimate of drug-likeness (QED) is 0.0720. The summed E-state index contributed by atoms with van der Waals surface area (Å²) in [6, 6.07) is 11.4. The number of rotatable bonds is 0. The van der Waals surface area contributed by atoms with Crippen LogP contribution in [0.2, 0.25) is 0 Å². The van der Waals surface area contributed by atoms with Crippen molar-refractivity contribution < 1.29 is 66.1 Å². The van der Waals surface area contributed by atoms with Crippen molar-refractivity contribution in [1.29, 1.82) is 0 Å². The summed E-state index contributed by atoms with van der Waals surface area (Å²) >= 11 is 0.0208. The third-order valence-electron chi connectivity index (χ3n) is 22.3. The van der Waals surface area contributed by atoms with E-state index >= 15 is 0 Å². The van der Waals surface area contributed by atoms with Crippen LogP contribution in [0.5, 0.6) is 0 Å². The average Bonchev–Trinajstić information content (AvgIpc) is 1.79. The van der Waals surface area contributed by atoms with Crippen LogP contribution in [0.4, 0.5) is 0 Å². The zero-order valence-electron chi connectivity index (χ0n) is 66.3. The number of carbonyl (C=O) groups excluding carboxylic acids is 2. The largest absolute Gasteiger partial charge is 3.00 e. The summed E-state index contributed by atoms with van der Waals surface area (Å²) in [6.07, 6.45) is 33.4. The van der Waals surface area contributed by atoms with Crippen LogP contribution in [-0.4, -0.2) is 264 Å². The molecule has 0 aromatic rings. The van der Waals surface area contributed by atoms with E-state index in [1.165, 1.54) is 154 Å². The Kier molecular flexibility index (Phi) is 74.0. The Morgan fingerprint density at radius 3 is 0.654 bits per heavy atom. The number of nitrogens with zero attached hydrogens (tertiary/aromatic N) is 2. The minimum atomic E-state index is 0. The summed E-state index contributed by atoms with van der Waals surface area (Å²) in [4.78, 5) is 16.5. The molecule has 4 heterocycles. The Hall–Kier alpha value is 1.78. The van der Waals surface area contributed by atoms with E-state index in [-0.39, 0.29) is 56.5 Å². The zero-order valence-corrected chi connectivity index (χ0v) is 75.5. The molecule has 19 atom stereocenters. The van der Waals surface area contributed by atoms with Gasteiger partial charge in [-0.15, -0.1) is 0 Å². The van der Waals surface area contributed by atoms with Crippen molar-refractivity contribution in [3.05, 3.63) is 10.8 Å². The second-order valence-electron chi connectivity index (χ2n) is 30.6. The van der Waals surface area contributed by atoms with Crippen molar-refractivity contribution in [3.63, 3.8) is 0 Å². The number of halogens is 6. The molecule has 24 nitrogen and oxygen atoms in total. The molecule has 0 amide bonds. The van der Waals surface area contributed by atoms with Crippen LogP contribution < -0.4 is 106 Å². The molecule has 633 valence electrons. The Morgan fingerprint density at radius 2 is 0.402 bits per heavy atom. The fraction of sp³-hybridized carbons (Fsp3) is 0.973. The first-order valence-electron chi connectivity index (χ1n) is 40.9. The molecule has 10 rings (SSSR count). The monoisotopic (exact) mass is 1800 g/mol. The van der Waals surface area contributed by atoms with Gasteiger partial charge < -0.3 is 117 Å². The van der Waals surface area contributed by atoms with Gasteiger partial charge in [-0.05, 0) is 138 Å². The average molecular weight is 1800 g/mol. The number of isocyanates is 2. The molecule has 0 bridgehead atoms. The maximum absolute atomic E-state index is 8.24. The first-order chi connectivity index (χ1) is 51.6. The first-order valence-corrected chi connectivity index (χ1v) is 50.7. The Bertz CT molecular complexity index is 2020. The van der Waals surface area contributed by atoms with Gasteiger partial charge in [-0.3, -0.25) is 9.59 Å². The number of fused-ring (bicyclic) bond motifs is 6. The molecule has 34 heteroatoms. The molecular weight excluding hydrogens is 1650 g/mol. The standard InChI is InChI=1S/C20H41N5.C18H37N5.C17H37N5.C16H35N5.2CNO.6ClH.4Mn/c1-15-13-24-18-8-4-3-7-17(18)21-11-12-22-19-9-5-6-10-20(19)25-16(2)14-23-15;1-3-7-17-15(5-1)20-11-9-19-10-12-21-16-6-2-4-8-18(16)23-14-13-22-17;1-13-10-20-15(3)12-22-17-7-5-4-6-16(17)21-11-14(2)19-9-8-18-13;1-13-14(2)19-11-12-21-16-6-4-3-5-15(16)20-10-8-17-7-9-18-13;2*2-1-3;;;;;;;;;;/h15-25H,3-14H2,1-2H3;15-23H,1-14H2;13-22H,4-12H2,1-3H3;13-21H,3-12H2,1-2H3;;;6*1H;;;;/q;;;;2*-1;;;;;;;3*+2;+3/p-6/t15-,16-,17?,18?,19?,20?;;13-,14-,15-,16?,17?;13-,14-,15?,16?;;;;;;;;;;;;/m1.01............/s1. The third-order valence-corrected chi connectivity index (χ3v) is 22.3. The number of hydrogen-bond acceptors (Lipinski definition) is 22. The predicted octanol–water partition coefficient (Wildman–Crippen LogP) is 6.29. The van der Waals surface area contributed by atoms with Gasteiger partial charge in [0.15, 0.2) is 0 Å². The van der Waals surface area contributed by atoms with Gasteiger partial charge in [-0.2, -0.15) is 0 Å². The summed E-state index contributed by atoms with van der Waals surface area (Å²) in [7, 11) is 28.8. The number of hydrogen-bond donors (Lipinski definition) is 20. The van der Waals surface area contributed by atoms with Crippen molar-refractivity contribution in [1.82, 2.24) is 106 Å². The minimum absolute atomic E-state index is 0. The van der Waals surface area contributed by atoms with Crippen LogP contribution in [0.3, 0.4) is 0 Å². The topological polar surface area (TPSA) is 319 Å². The molecule has 0 spiro atoms. The summed E-state index contributed by atoms with van der Waals surface area (Å²) < 4.78 is 0. The molecule has 20 N–H and O–H groups in total. The van der Waals surface area contributed by atoms with Gasteiger partial charge in [0.1, 0.15) is 0 Å². The molecule has 10 fully saturated rings. The van der Waals surface area contributed by atoms with Gasteiger partial charge in [-0.25, -0.2) is 0 Å². The summed E-state index contributed by atoms with van der Waals surface area (Å²) in [5.41, 5.74) is 0. The van der Waals surface area contributed by atoms with E-state index in [0.29, 0.717) is 127 Å². The molecule has 6 aliphatic carbocycles. The maximum atomic E-state index is 8.24. The van der Waals surface area contributed by atoms with E-state index in [1.807, 2.05) is 0 Å². The van der Waals surface area contributed by atoms with Crippen molar-refractivity contribution in [2.75, 3.05) is 137 Å². The van der Waals surface area contributed by atoms with E-state index in [2.05, 4.69) is 155 Å². The Balaban J connectivity index is 0.000000668. The van der Waals surface area contributed by atoms with Crippen molar-refractivity contribution >= 4 is 72.7 Å². The van der Waals surface area contributed by atoms with E-state index < -0.39 is 0 Å². The van der Waals surface area contributed by atoms with Crippen LogP contribution in [0.25, 0.3) is 10.8 Å². The van der Waals surface area contributed by atoms with Crippen molar-refractivity contribution in [2.45, 2.75) is 317 Å². The van der Waals surface area contributed by atoms with Crippen molar-refractivity contribution in [2.24, 2.45) is 0 Å². The van der Waals surface area contributed by atoms with Gasteiger partial charge in [0.2, 0.25) is 0 Å². The Morgan fingerprint density at radius 1 is 0.243 bits per heavy atom. The van der Waals surface area contributed by atoms with Crippen molar-refractivity contribution in [3.8, 4) is 0 Å². The van der Waals surface area contributed by atoms with Gasteiger partial charge in [-0.1, -0.05) is 77.0 Å². The van der Waals surface area contributed by atoms with Crippen LogP contribution in [0.1, 0.15) is 203 Å². The third kappa shape index (κ3) is 54.5. The van der Waals surface area contributed by atoms with Crippen LogP contribution in [0, 0.1) is 0 Å². The first kappa shape index (κ1) is 107. The van der Waals surface area contributed by atoms with Crippen LogP contribution >= 0.6 is 60.6 Å². The van der Waals surface area contributed by atoms with Crippen LogP contribution in [0.15, 0.2) is 0 Å². The summed E-state index contributed by atoms with van der Waals surface area (Å²) in [6.45, 7) is 38.4. The maximum Gasteiger partial charge on any atom is 3.00 e. The molecule has 12 unspecified atom stereocenters. The van der Waals surface area contributed by atoms with Gasteiger partial charge in [0.05, 0.1) is 0 Å².